The highest BCUT2D eigenvalue weighted by atomic mass is 19.4. The van der Waals surface area contributed by atoms with Gasteiger partial charge in [-0.25, -0.2) is 0 Å². The molecule has 2 aromatic carbocycles. The fourth-order valence-corrected chi connectivity index (χ4v) is 2.12. The molecule has 0 saturated carbocycles. The molecule has 0 spiro atoms. The zero-order valence-corrected chi connectivity index (χ0v) is 15.0. The lowest BCUT2D eigenvalue weighted by Crippen LogP contribution is -2.39. The minimum Gasteiger partial charge on any atom is -0.268 e. The van der Waals surface area contributed by atoms with Crippen LogP contribution in [0.15, 0.2) is 60.7 Å². The molecule has 30 heavy (non-hydrogen) atoms. The number of benzene rings is 2. The van der Waals surface area contributed by atoms with Crippen molar-refractivity contribution in [2.24, 2.45) is 0 Å². The second-order valence-corrected chi connectivity index (χ2v) is 5.88. The third-order valence-corrected chi connectivity index (χ3v) is 3.64. The summed E-state index contributed by atoms with van der Waals surface area (Å²) in [6, 6.07) is 8.18. The summed E-state index contributed by atoms with van der Waals surface area (Å²) in [5.41, 5.74) is 3.13. The molecule has 0 fully saturated rings. The van der Waals surface area contributed by atoms with E-state index in [1.807, 2.05) is 10.9 Å². The van der Waals surface area contributed by atoms with E-state index in [9.17, 15) is 35.9 Å². The minimum absolute atomic E-state index is 0.340. The molecule has 2 amide bonds. The van der Waals surface area contributed by atoms with Gasteiger partial charge in [0.05, 0.1) is 11.1 Å². The van der Waals surface area contributed by atoms with Crippen molar-refractivity contribution in [3.8, 4) is 0 Å². The Hall–Kier alpha value is -3.56. The van der Waals surface area contributed by atoms with Crippen molar-refractivity contribution in [3.63, 3.8) is 0 Å². The molecule has 2 N–H and O–H groups in total. The number of rotatable bonds is 4. The number of carbonyl (C=O) groups is 2. The lowest BCUT2D eigenvalue weighted by Gasteiger charge is -2.06. The Balaban J connectivity index is 1.83. The monoisotopic (exact) mass is 428 g/mol. The third-order valence-electron chi connectivity index (χ3n) is 3.64. The first-order chi connectivity index (χ1) is 13.9. The summed E-state index contributed by atoms with van der Waals surface area (Å²) >= 11 is 0. The molecular weight excluding hydrogens is 414 g/mol. The first-order valence-electron chi connectivity index (χ1n) is 8.26. The molecule has 2 rings (SSSR count). The van der Waals surface area contributed by atoms with Gasteiger partial charge in [-0.05, 0) is 47.5 Å². The summed E-state index contributed by atoms with van der Waals surface area (Å²) in [7, 11) is 0. The Labute approximate surface area is 166 Å². The maximum absolute atomic E-state index is 12.5. The summed E-state index contributed by atoms with van der Waals surface area (Å²) in [5.74, 6) is -1.49. The molecule has 0 saturated heterocycles. The van der Waals surface area contributed by atoms with Gasteiger partial charge >= 0.3 is 12.4 Å². The van der Waals surface area contributed by atoms with Crippen LogP contribution in [0, 0.1) is 0 Å². The Kier molecular flexibility index (Phi) is 7.04. The van der Waals surface area contributed by atoms with Crippen molar-refractivity contribution in [2.45, 2.75) is 12.4 Å². The van der Waals surface area contributed by atoms with Crippen LogP contribution in [0.5, 0.6) is 0 Å². The van der Waals surface area contributed by atoms with Crippen molar-refractivity contribution >= 4 is 24.0 Å². The van der Waals surface area contributed by atoms with E-state index >= 15 is 0 Å². The summed E-state index contributed by atoms with van der Waals surface area (Å²) < 4.78 is 74.8. The highest BCUT2D eigenvalue weighted by molar-refractivity contribution is 5.96. The van der Waals surface area contributed by atoms with Gasteiger partial charge in [-0.1, -0.05) is 24.3 Å². The lowest BCUT2D eigenvalue weighted by molar-refractivity contribution is -0.138. The molecule has 0 aliphatic carbocycles. The molecule has 0 heterocycles. The van der Waals surface area contributed by atoms with Crippen molar-refractivity contribution in [1.82, 2.24) is 10.9 Å². The van der Waals surface area contributed by atoms with Crippen LogP contribution < -0.4 is 10.9 Å². The van der Waals surface area contributed by atoms with Gasteiger partial charge in [0.1, 0.15) is 0 Å². The van der Waals surface area contributed by atoms with Crippen LogP contribution in [0.25, 0.3) is 12.2 Å². The first-order valence-corrected chi connectivity index (χ1v) is 8.26. The molecule has 0 radical (unpaired) electrons. The lowest BCUT2D eigenvalue weighted by atomic mass is 10.1. The van der Waals surface area contributed by atoms with E-state index in [1.165, 1.54) is 36.4 Å². The molecular formula is C20H14F6N2O2. The Morgan fingerprint density at radius 2 is 0.900 bits per heavy atom. The van der Waals surface area contributed by atoms with Crippen LogP contribution in [0.4, 0.5) is 26.3 Å². The Bertz CT molecular complexity index is 864. The fraction of sp³-hybridized carbons (Fsp3) is 0.100. The average Bonchev–Trinajstić information content (AvgIpc) is 2.68. The molecule has 2 aromatic rings. The van der Waals surface area contributed by atoms with Crippen LogP contribution >= 0.6 is 0 Å². The number of nitrogens with one attached hydrogen (secondary N) is 2. The normalized spacial score (nSPS) is 12.3. The van der Waals surface area contributed by atoms with Crippen LogP contribution in [0.1, 0.15) is 22.3 Å². The van der Waals surface area contributed by atoms with Gasteiger partial charge in [0, 0.05) is 12.2 Å². The van der Waals surface area contributed by atoms with Gasteiger partial charge in [0.15, 0.2) is 0 Å². The minimum atomic E-state index is -4.46. The number of carbonyl (C=O) groups excluding carboxylic acids is 2. The van der Waals surface area contributed by atoms with E-state index in [4.69, 9.17) is 0 Å². The number of halogens is 6. The Morgan fingerprint density at radius 1 is 0.600 bits per heavy atom. The number of hydrogen-bond donors (Lipinski definition) is 2. The first kappa shape index (κ1) is 22.7. The van der Waals surface area contributed by atoms with Gasteiger partial charge in [-0.2, -0.15) is 26.3 Å². The van der Waals surface area contributed by atoms with E-state index in [0.717, 1.165) is 36.4 Å². The van der Waals surface area contributed by atoms with E-state index in [0.29, 0.717) is 11.1 Å². The van der Waals surface area contributed by atoms with Crippen molar-refractivity contribution < 1.29 is 35.9 Å². The SMILES string of the molecule is O=C(/C=C/c1ccc(C(F)(F)F)cc1)NNC(=O)/C=C/c1ccc(C(F)(F)F)cc1. The molecule has 0 atom stereocenters. The standard InChI is InChI=1S/C20H14F6N2O2/c21-19(22,23)15-7-1-13(2-8-15)5-11-17(29)27-28-18(30)12-6-14-3-9-16(10-4-14)20(24,25)26/h1-12H,(H,27,29)(H,28,30)/b11-5+,12-6+. The van der Waals surface area contributed by atoms with Crippen LogP contribution in [0.2, 0.25) is 0 Å². The maximum Gasteiger partial charge on any atom is 0.416 e. The van der Waals surface area contributed by atoms with Crippen molar-refractivity contribution in [3.05, 3.63) is 82.9 Å². The molecule has 10 heteroatoms. The molecule has 0 aliphatic rings. The van der Waals surface area contributed by atoms with E-state index in [1.54, 1.807) is 0 Å². The van der Waals surface area contributed by atoms with Crippen LogP contribution in [-0.2, 0) is 21.9 Å². The molecule has 0 aliphatic heterocycles. The van der Waals surface area contributed by atoms with Gasteiger partial charge in [-0.3, -0.25) is 20.4 Å². The second-order valence-electron chi connectivity index (χ2n) is 5.88. The topological polar surface area (TPSA) is 58.2 Å². The number of amides is 2. The Morgan fingerprint density at radius 3 is 1.17 bits per heavy atom. The van der Waals surface area contributed by atoms with Crippen LogP contribution in [-0.4, -0.2) is 11.8 Å². The molecule has 158 valence electrons. The summed E-state index contributed by atoms with van der Waals surface area (Å²) in [6.45, 7) is 0. The second kappa shape index (κ2) is 9.29. The van der Waals surface area contributed by atoms with Crippen molar-refractivity contribution in [1.29, 1.82) is 0 Å². The number of alkyl halides is 6. The van der Waals surface area contributed by atoms with Crippen LogP contribution in [0.3, 0.4) is 0 Å². The van der Waals surface area contributed by atoms with Crippen molar-refractivity contribution in [2.75, 3.05) is 0 Å². The number of hydrazine groups is 1. The summed E-state index contributed by atoms with van der Waals surface area (Å²) in [5, 5.41) is 0. The summed E-state index contributed by atoms with van der Waals surface area (Å²) in [6.07, 6.45) is -4.42. The largest absolute Gasteiger partial charge is 0.416 e. The van der Waals surface area contributed by atoms with E-state index in [2.05, 4.69) is 0 Å². The zero-order valence-electron chi connectivity index (χ0n) is 15.0. The highest BCUT2D eigenvalue weighted by Gasteiger charge is 2.30. The van der Waals surface area contributed by atoms with Gasteiger partial charge in [-0.15, -0.1) is 0 Å². The maximum atomic E-state index is 12.5. The predicted octanol–water partition coefficient (Wildman–Crippen LogP) is 4.60. The van der Waals surface area contributed by atoms with Gasteiger partial charge in [0.2, 0.25) is 0 Å². The molecule has 0 unspecified atom stereocenters. The van der Waals surface area contributed by atoms with Gasteiger partial charge < -0.3 is 0 Å². The molecule has 0 aromatic heterocycles. The quantitative estimate of drug-likeness (QED) is 0.425. The number of hydrogen-bond acceptors (Lipinski definition) is 2. The predicted molar refractivity (Wildman–Crippen MR) is 97.2 cm³/mol. The molecule has 4 nitrogen and oxygen atoms in total. The third kappa shape index (κ3) is 7.12. The summed E-state index contributed by atoms with van der Waals surface area (Å²) in [4.78, 5) is 23.3. The zero-order chi connectivity index (χ0) is 22.4. The smallest absolute Gasteiger partial charge is 0.268 e. The average molecular weight is 428 g/mol. The molecule has 0 bridgehead atoms. The van der Waals surface area contributed by atoms with Gasteiger partial charge in [0.25, 0.3) is 11.8 Å². The van der Waals surface area contributed by atoms with E-state index < -0.39 is 35.3 Å². The van der Waals surface area contributed by atoms with E-state index in [-0.39, 0.29) is 0 Å². The fourth-order valence-electron chi connectivity index (χ4n) is 2.12. The highest BCUT2D eigenvalue weighted by Crippen LogP contribution is 2.30.